The Balaban J connectivity index is 1.54. The van der Waals surface area contributed by atoms with E-state index in [0.717, 1.165) is 10.5 Å². The summed E-state index contributed by atoms with van der Waals surface area (Å²) in [5.74, 6) is 0.674. The second-order valence-electron chi connectivity index (χ2n) is 8.68. The fourth-order valence-electron chi connectivity index (χ4n) is 4.22. The van der Waals surface area contributed by atoms with E-state index in [-0.39, 0.29) is 12.2 Å². The third kappa shape index (κ3) is 5.86. The molecule has 1 aliphatic heterocycles. The number of furan rings is 1. The molecule has 0 fully saturated rings. The maximum Gasteiger partial charge on any atom is 0.338 e. The van der Waals surface area contributed by atoms with E-state index in [4.69, 9.17) is 25.5 Å². The maximum absolute atomic E-state index is 13.8. The Morgan fingerprint density at radius 1 is 1.18 bits per heavy atom. The average molecular weight is 593 g/mol. The van der Waals surface area contributed by atoms with Crippen LogP contribution in [0.3, 0.4) is 0 Å². The Kier molecular flexibility index (Phi) is 8.44. The van der Waals surface area contributed by atoms with Crippen LogP contribution in [0, 0.1) is 0 Å². The number of benzene rings is 2. The zero-order valence-corrected chi connectivity index (χ0v) is 24.1. The number of ether oxygens (including phenoxy) is 2. The summed E-state index contributed by atoms with van der Waals surface area (Å²) in [5.41, 5.74) is 1.28. The van der Waals surface area contributed by atoms with Gasteiger partial charge in [0.15, 0.2) is 9.89 Å². The summed E-state index contributed by atoms with van der Waals surface area (Å²) in [5, 5.41) is 1.34. The zero-order valence-electron chi connectivity index (χ0n) is 21.8. The van der Waals surface area contributed by atoms with Gasteiger partial charge in [-0.15, -0.1) is 0 Å². The van der Waals surface area contributed by atoms with Crippen molar-refractivity contribution in [3.05, 3.63) is 121 Å². The molecule has 0 spiro atoms. The van der Waals surface area contributed by atoms with Crippen molar-refractivity contribution in [1.82, 2.24) is 4.57 Å². The van der Waals surface area contributed by atoms with Gasteiger partial charge in [0.25, 0.3) is 5.56 Å². The summed E-state index contributed by atoms with van der Waals surface area (Å²) in [6.07, 6.45) is 3.36. The predicted octanol–water partition coefficient (Wildman–Crippen LogP) is 5.76. The highest BCUT2D eigenvalue weighted by molar-refractivity contribution is 7.99. The van der Waals surface area contributed by atoms with Crippen LogP contribution in [0.25, 0.3) is 6.08 Å². The second kappa shape index (κ2) is 12.2. The molecule has 0 radical (unpaired) electrons. The monoisotopic (exact) mass is 592 g/mol. The van der Waals surface area contributed by atoms with Crippen molar-refractivity contribution < 1.29 is 18.7 Å². The molecule has 0 saturated carbocycles. The first-order valence-electron chi connectivity index (χ1n) is 12.4. The highest BCUT2D eigenvalue weighted by Crippen LogP contribution is 2.32. The van der Waals surface area contributed by atoms with E-state index in [1.807, 2.05) is 48.5 Å². The number of fused-ring (bicyclic) bond motifs is 1. The first-order chi connectivity index (χ1) is 19.4. The molecule has 7 nitrogen and oxygen atoms in total. The van der Waals surface area contributed by atoms with Crippen LogP contribution in [0.15, 0.2) is 109 Å². The van der Waals surface area contributed by atoms with Crippen molar-refractivity contribution in [3.8, 4) is 5.75 Å². The SMILES string of the molecule is C=CCOc1ccc([C@@H]2C(C(=O)OCC)=C(C)N=c3s/c(=C/c4ccc(Sc5ccc(Cl)cc5)o4)c(=O)n32)cc1. The fourth-order valence-corrected chi connectivity index (χ4v) is 6.15. The standard InChI is InChI=1S/C30H25ClN2O5S2/c1-4-16-37-21-10-6-19(7-11-21)27-26(29(35)36-5-2)18(3)32-30-33(27)28(34)24(40-30)17-22-12-15-25(38-22)39-23-13-8-20(31)9-14-23/h4,6-15,17,27H,1,5,16H2,2-3H3/b24-17+/t27-/m1/s1. The highest BCUT2D eigenvalue weighted by Gasteiger charge is 2.33. The molecule has 40 heavy (non-hydrogen) atoms. The number of thiazole rings is 1. The average Bonchev–Trinajstić information content (AvgIpc) is 3.51. The number of carbonyl (C=O) groups is 1. The van der Waals surface area contributed by atoms with Gasteiger partial charge in [0.1, 0.15) is 18.1 Å². The molecule has 10 heteroatoms. The van der Waals surface area contributed by atoms with Gasteiger partial charge in [0, 0.05) is 16.0 Å². The highest BCUT2D eigenvalue weighted by atomic mass is 35.5. The summed E-state index contributed by atoms with van der Waals surface area (Å²) in [6, 6.07) is 17.7. The molecule has 1 aliphatic rings. The van der Waals surface area contributed by atoms with Gasteiger partial charge in [-0.3, -0.25) is 9.36 Å². The van der Waals surface area contributed by atoms with E-state index in [9.17, 15) is 9.59 Å². The molecule has 4 aromatic rings. The summed E-state index contributed by atoms with van der Waals surface area (Å²) >= 11 is 8.67. The van der Waals surface area contributed by atoms with E-state index < -0.39 is 12.0 Å². The van der Waals surface area contributed by atoms with Gasteiger partial charge in [-0.05, 0) is 67.9 Å². The van der Waals surface area contributed by atoms with E-state index in [1.165, 1.54) is 23.1 Å². The normalized spacial score (nSPS) is 15.0. The third-order valence-electron chi connectivity index (χ3n) is 5.99. The molecule has 2 aromatic carbocycles. The molecule has 2 aromatic heterocycles. The molecular formula is C30H25ClN2O5S2. The maximum atomic E-state index is 13.8. The molecule has 204 valence electrons. The summed E-state index contributed by atoms with van der Waals surface area (Å²) in [4.78, 5) is 32.9. The number of hydrogen-bond donors (Lipinski definition) is 0. The topological polar surface area (TPSA) is 83.0 Å². The van der Waals surface area contributed by atoms with Crippen LogP contribution in [0.4, 0.5) is 0 Å². The van der Waals surface area contributed by atoms with Gasteiger partial charge in [-0.2, -0.15) is 0 Å². The summed E-state index contributed by atoms with van der Waals surface area (Å²) in [6.45, 7) is 7.74. The van der Waals surface area contributed by atoms with Gasteiger partial charge in [-0.25, -0.2) is 9.79 Å². The Bertz CT molecular complexity index is 1770. The van der Waals surface area contributed by atoms with Crippen LogP contribution in [0.2, 0.25) is 5.02 Å². The number of esters is 1. The van der Waals surface area contributed by atoms with Crippen LogP contribution in [-0.2, 0) is 9.53 Å². The molecule has 0 aliphatic carbocycles. The van der Waals surface area contributed by atoms with Crippen LogP contribution < -0.4 is 19.6 Å². The smallest absolute Gasteiger partial charge is 0.338 e. The summed E-state index contributed by atoms with van der Waals surface area (Å²) < 4.78 is 18.9. The molecule has 0 saturated heterocycles. The van der Waals surface area contributed by atoms with E-state index in [1.54, 1.807) is 42.7 Å². The van der Waals surface area contributed by atoms with E-state index in [2.05, 4.69) is 11.6 Å². The van der Waals surface area contributed by atoms with Crippen molar-refractivity contribution in [2.24, 2.45) is 4.99 Å². The fraction of sp³-hybridized carbons (Fsp3) is 0.167. The molecule has 5 rings (SSSR count). The predicted molar refractivity (Wildman–Crippen MR) is 157 cm³/mol. The lowest BCUT2D eigenvalue weighted by Crippen LogP contribution is -2.39. The molecular weight excluding hydrogens is 568 g/mol. The van der Waals surface area contributed by atoms with Crippen LogP contribution in [-0.4, -0.2) is 23.8 Å². The lowest BCUT2D eigenvalue weighted by Gasteiger charge is -2.24. The zero-order chi connectivity index (χ0) is 28.2. The minimum Gasteiger partial charge on any atom is -0.490 e. The van der Waals surface area contributed by atoms with Crippen molar-refractivity contribution in [1.29, 1.82) is 0 Å². The molecule has 3 heterocycles. The quantitative estimate of drug-likeness (QED) is 0.181. The Morgan fingerprint density at radius 2 is 1.93 bits per heavy atom. The van der Waals surface area contributed by atoms with Gasteiger partial charge in [0.05, 0.1) is 28.5 Å². The first kappa shape index (κ1) is 27.8. The number of rotatable bonds is 9. The number of aromatic nitrogens is 1. The van der Waals surface area contributed by atoms with Gasteiger partial charge < -0.3 is 13.9 Å². The molecule has 0 N–H and O–H groups in total. The van der Waals surface area contributed by atoms with Crippen molar-refractivity contribution >= 4 is 46.7 Å². The Hall–Kier alpha value is -3.79. The Labute approximate surface area is 243 Å². The summed E-state index contributed by atoms with van der Waals surface area (Å²) in [7, 11) is 0. The number of halogens is 1. The lowest BCUT2D eigenvalue weighted by molar-refractivity contribution is -0.139. The van der Waals surface area contributed by atoms with Crippen LogP contribution in [0.1, 0.15) is 31.2 Å². The van der Waals surface area contributed by atoms with E-state index >= 15 is 0 Å². The van der Waals surface area contributed by atoms with Crippen LogP contribution >= 0.6 is 34.7 Å². The second-order valence-corrected chi connectivity index (χ2v) is 11.2. The third-order valence-corrected chi connectivity index (χ3v) is 8.15. The molecule has 0 unspecified atom stereocenters. The van der Waals surface area contributed by atoms with Crippen molar-refractivity contribution in [2.75, 3.05) is 13.2 Å². The minimum atomic E-state index is -0.710. The number of nitrogens with zero attached hydrogens (tertiary/aromatic N) is 2. The Morgan fingerprint density at radius 3 is 2.62 bits per heavy atom. The van der Waals surface area contributed by atoms with Gasteiger partial charge in [0.2, 0.25) is 0 Å². The molecule has 1 atom stereocenters. The van der Waals surface area contributed by atoms with Gasteiger partial charge >= 0.3 is 5.97 Å². The number of carbonyl (C=O) groups excluding carboxylic acids is 1. The van der Waals surface area contributed by atoms with Crippen LogP contribution in [0.5, 0.6) is 5.75 Å². The number of allylic oxidation sites excluding steroid dienone is 1. The first-order valence-corrected chi connectivity index (χ1v) is 14.5. The molecule has 0 amide bonds. The lowest BCUT2D eigenvalue weighted by atomic mass is 9.96. The molecule has 0 bridgehead atoms. The van der Waals surface area contributed by atoms with E-state index in [0.29, 0.717) is 48.8 Å². The van der Waals surface area contributed by atoms with Crippen molar-refractivity contribution in [2.45, 2.75) is 29.9 Å². The van der Waals surface area contributed by atoms with Gasteiger partial charge in [-0.1, -0.05) is 59.5 Å². The minimum absolute atomic E-state index is 0.204. The van der Waals surface area contributed by atoms with Crippen molar-refractivity contribution in [3.63, 3.8) is 0 Å². The number of hydrogen-bond acceptors (Lipinski definition) is 8. The largest absolute Gasteiger partial charge is 0.490 e.